The summed E-state index contributed by atoms with van der Waals surface area (Å²) in [5, 5.41) is 1.15. The minimum atomic E-state index is -0.565. The van der Waals surface area contributed by atoms with Crippen molar-refractivity contribution in [3.05, 3.63) is 42.4 Å². The van der Waals surface area contributed by atoms with Crippen LogP contribution in [0.15, 0.2) is 40.9 Å². The molecule has 0 bridgehead atoms. The first-order chi connectivity index (χ1) is 8.54. The molecule has 3 rings (SSSR count). The van der Waals surface area contributed by atoms with E-state index in [1.165, 1.54) is 0 Å². The molecule has 0 amide bonds. The first-order valence-electron chi connectivity index (χ1n) is 5.87. The average Bonchev–Trinajstić information content (AvgIpc) is 2.94. The molecule has 2 aromatic heterocycles. The van der Waals surface area contributed by atoms with E-state index >= 15 is 0 Å². The normalized spacial score (nSPS) is 12.2. The molecule has 0 aliphatic rings. The Morgan fingerprint density at radius 2 is 2.06 bits per heavy atom. The number of para-hydroxylation sites is 1. The van der Waals surface area contributed by atoms with Crippen LogP contribution in [0.1, 0.15) is 19.7 Å². The summed E-state index contributed by atoms with van der Waals surface area (Å²) in [5.74, 6) is 1.25. The van der Waals surface area contributed by atoms with Gasteiger partial charge < -0.3 is 15.1 Å². The quantitative estimate of drug-likeness (QED) is 0.724. The van der Waals surface area contributed by atoms with E-state index in [4.69, 9.17) is 10.2 Å². The van der Waals surface area contributed by atoms with E-state index in [1.54, 1.807) is 6.20 Å². The SMILES string of the molecule is CC(C)(N)c1ncc(-c2cc3ccccc3[nH]2)o1. The predicted octanol–water partition coefficient (Wildman–Crippen LogP) is 3.02. The van der Waals surface area contributed by atoms with Crippen molar-refractivity contribution < 1.29 is 4.42 Å². The Kier molecular flexibility index (Phi) is 2.28. The van der Waals surface area contributed by atoms with E-state index in [2.05, 4.69) is 16.0 Å². The molecule has 18 heavy (non-hydrogen) atoms. The van der Waals surface area contributed by atoms with Crippen LogP contribution in [-0.4, -0.2) is 9.97 Å². The van der Waals surface area contributed by atoms with E-state index in [0.29, 0.717) is 11.7 Å². The maximum atomic E-state index is 5.96. The summed E-state index contributed by atoms with van der Waals surface area (Å²) in [4.78, 5) is 7.52. The van der Waals surface area contributed by atoms with Crippen molar-refractivity contribution in [3.63, 3.8) is 0 Å². The Morgan fingerprint density at radius 1 is 1.28 bits per heavy atom. The van der Waals surface area contributed by atoms with Gasteiger partial charge in [-0.3, -0.25) is 0 Å². The molecule has 1 aromatic carbocycles. The van der Waals surface area contributed by atoms with Crippen molar-refractivity contribution in [2.45, 2.75) is 19.4 Å². The zero-order valence-electron chi connectivity index (χ0n) is 10.4. The van der Waals surface area contributed by atoms with Gasteiger partial charge in [0, 0.05) is 10.9 Å². The summed E-state index contributed by atoms with van der Waals surface area (Å²) >= 11 is 0. The zero-order valence-corrected chi connectivity index (χ0v) is 10.4. The lowest BCUT2D eigenvalue weighted by Crippen LogP contribution is -2.28. The largest absolute Gasteiger partial charge is 0.437 e. The van der Waals surface area contributed by atoms with Gasteiger partial charge in [0.2, 0.25) is 5.89 Å². The lowest BCUT2D eigenvalue weighted by molar-refractivity contribution is 0.383. The summed E-state index contributed by atoms with van der Waals surface area (Å²) in [6.07, 6.45) is 1.70. The molecule has 3 aromatic rings. The Bertz CT molecular complexity index is 655. The van der Waals surface area contributed by atoms with E-state index in [-0.39, 0.29) is 0 Å². The third kappa shape index (κ3) is 1.80. The van der Waals surface area contributed by atoms with Gasteiger partial charge in [-0.15, -0.1) is 0 Å². The number of oxazole rings is 1. The highest BCUT2D eigenvalue weighted by Crippen LogP contribution is 2.26. The minimum absolute atomic E-state index is 0.538. The summed E-state index contributed by atoms with van der Waals surface area (Å²) in [7, 11) is 0. The number of nitrogens with one attached hydrogen (secondary N) is 1. The number of benzene rings is 1. The van der Waals surface area contributed by atoms with Crippen molar-refractivity contribution in [2.75, 3.05) is 0 Å². The van der Waals surface area contributed by atoms with Crippen molar-refractivity contribution in [1.82, 2.24) is 9.97 Å². The van der Waals surface area contributed by atoms with Crippen LogP contribution in [0.5, 0.6) is 0 Å². The number of hydrogen-bond acceptors (Lipinski definition) is 3. The number of aromatic amines is 1. The fraction of sp³-hybridized carbons (Fsp3) is 0.214. The highest BCUT2D eigenvalue weighted by atomic mass is 16.4. The van der Waals surface area contributed by atoms with E-state index in [1.807, 2.05) is 38.1 Å². The summed E-state index contributed by atoms with van der Waals surface area (Å²) in [5.41, 5.74) is 7.39. The van der Waals surface area contributed by atoms with Crippen LogP contribution in [0.25, 0.3) is 22.4 Å². The Balaban J connectivity index is 2.06. The Labute approximate surface area is 105 Å². The number of fused-ring (bicyclic) bond motifs is 1. The van der Waals surface area contributed by atoms with Crippen molar-refractivity contribution in [3.8, 4) is 11.5 Å². The molecule has 0 atom stereocenters. The molecule has 0 saturated carbocycles. The lowest BCUT2D eigenvalue weighted by atomic mass is 10.1. The molecule has 0 saturated heterocycles. The van der Waals surface area contributed by atoms with Crippen LogP contribution in [-0.2, 0) is 5.54 Å². The van der Waals surface area contributed by atoms with Crippen LogP contribution in [0.2, 0.25) is 0 Å². The van der Waals surface area contributed by atoms with Crippen LogP contribution < -0.4 is 5.73 Å². The molecule has 0 spiro atoms. The first kappa shape index (κ1) is 11.0. The summed E-state index contributed by atoms with van der Waals surface area (Å²) in [6, 6.07) is 10.1. The maximum Gasteiger partial charge on any atom is 0.214 e. The van der Waals surface area contributed by atoms with E-state index in [9.17, 15) is 0 Å². The van der Waals surface area contributed by atoms with Crippen LogP contribution >= 0.6 is 0 Å². The van der Waals surface area contributed by atoms with Gasteiger partial charge >= 0.3 is 0 Å². The molecule has 92 valence electrons. The highest BCUT2D eigenvalue weighted by molar-refractivity contribution is 5.84. The summed E-state index contributed by atoms with van der Waals surface area (Å²) in [6.45, 7) is 3.74. The molecule has 0 radical (unpaired) electrons. The molecule has 3 N–H and O–H groups in total. The maximum absolute atomic E-state index is 5.96. The Morgan fingerprint density at radius 3 is 2.72 bits per heavy atom. The molecular weight excluding hydrogens is 226 g/mol. The van der Waals surface area contributed by atoms with Gasteiger partial charge in [-0.25, -0.2) is 4.98 Å². The van der Waals surface area contributed by atoms with Gasteiger partial charge in [-0.1, -0.05) is 18.2 Å². The fourth-order valence-corrected chi connectivity index (χ4v) is 1.90. The number of aromatic nitrogens is 2. The molecule has 0 aliphatic heterocycles. The third-order valence-electron chi connectivity index (χ3n) is 2.85. The molecule has 4 heteroatoms. The monoisotopic (exact) mass is 241 g/mol. The van der Waals surface area contributed by atoms with Gasteiger partial charge in [0.25, 0.3) is 0 Å². The average molecular weight is 241 g/mol. The molecular formula is C14H15N3O. The van der Waals surface area contributed by atoms with Gasteiger partial charge in [-0.05, 0) is 26.0 Å². The van der Waals surface area contributed by atoms with E-state index in [0.717, 1.165) is 16.6 Å². The van der Waals surface area contributed by atoms with Gasteiger partial charge in [0.15, 0.2) is 5.76 Å². The number of hydrogen-bond donors (Lipinski definition) is 2. The molecule has 0 unspecified atom stereocenters. The van der Waals surface area contributed by atoms with Gasteiger partial charge in [0.1, 0.15) is 0 Å². The highest BCUT2D eigenvalue weighted by Gasteiger charge is 2.21. The predicted molar refractivity (Wildman–Crippen MR) is 71.0 cm³/mol. The van der Waals surface area contributed by atoms with Gasteiger partial charge in [-0.2, -0.15) is 0 Å². The van der Waals surface area contributed by atoms with Crippen molar-refractivity contribution in [1.29, 1.82) is 0 Å². The standard InChI is InChI=1S/C14H15N3O/c1-14(2,15)13-16-8-12(18-13)11-7-9-5-3-4-6-10(9)17-11/h3-8,17H,15H2,1-2H3. The molecule has 0 fully saturated rings. The van der Waals surface area contributed by atoms with E-state index < -0.39 is 5.54 Å². The topological polar surface area (TPSA) is 67.8 Å². The van der Waals surface area contributed by atoms with Crippen molar-refractivity contribution >= 4 is 10.9 Å². The van der Waals surface area contributed by atoms with Gasteiger partial charge in [0.05, 0.1) is 17.4 Å². The second-order valence-electron chi connectivity index (χ2n) is 5.02. The third-order valence-corrected chi connectivity index (χ3v) is 2.85. The molecule has 4 nitrogen and oxygen atoms in total. The number of H-pyrrole nitrogens is 1. The number of nitrogens with zero attached hydrogens (tertiary/aromatic N) is 1. The first-order valence-corrected chi connectivity index (χ1v) is 5.87. The number of rotatable bonds is 2. The summed E-state index contributed by atoms with van der Waals surface area (Å²) < 4.78 is 5.70. The van der Waals surface area contributed by atoms with Crippen molar-refractivity contribution in [2.24, 2.45) is 5.73 Å². The van der Waals surface area contributed by atoms with Crippen LogP contribution in [0.4, 0.5) is 0 Å². The number of nitrogens with two attached hydrogens (primary N) is 1. The Hall–Kier alpha value is -2.07. The molecule has 0 aliphatic carbocycles. The second-order valence-corrected chi connectivity index (χ2v) is 5.02. The minimum Gasteiger partial charge on any atom is -0.437 e. The van der Waals surface area contributed by atoms with Crippen LogP contribution in [0, 0.1) is 0 Å². The second kappa shape index (κ2) is 3.71. The molecule has 2 heterocycles. The smallest absolute Gasteiger partial charge is 0.214 e. The van der Waals surface area contributed by atoms with Crippen LogP contribution in [0.3, 0.4) is 0 Å². The fourth-order valence-electron chi connectivity index (χ4n) is 1.90. The lowest BCUT2D eigenvalue weighted by Gasteiger charge is -2.12. The zero-order chi connectivity index (χ0) is 12.8.